The molecule has 1 aromatic carbocycles. The molecule has 0 bridgehead atoms. The van der Waals surface area contributed by atoms with Crippen LogP contribution in [0.25, 0.3) is 16.4 Å². The predicted octanol–water partition coefficient (Wildman–Crippen LogP) is 3.39. The number of thiazole rings is 1. The van der Waals surface area contributed by atoms with Gasteiger partial charge in [-0.15, -0.1) is 11.7 Å². The first-order valence-corrected chi connectivity index (χ1v) is 9.82. The Morgan fingerprint density at radius 3 is 2.93 bits per heavy atom. The first kappa shape index (κ1) is 18.9. The molecule has 2 N–H and O–H groups in total. The van der Waals surface area contributed by atoms with E-state index in [1.807, 2.05) is 41.8 Å². The average molecular weight is 425 g/mol. The summed E-state index contributed by atoms with van der Waals surface area (Å²) < 4.78 is 3.86. The summed E-state index contributed by atoms with van der Waals surface area (Å²) >= 11 is 6.57. The molecule has 4 rings (SSSR count). The Kier molecular flexibility index (Phi) is 5.14. The van der Waals surface area contributed by atoms with Crippen LogP contribution in [0.5, 0.6) is 0 Å². The molecule has 3 heterocycles. The number of H-pyrrole nitrogens is 1. The maximum Gasteiger partial charge on any atom is 0.279 e. The van der Waals surface area contributed by atoms with Crippen LogP contribution in [0.4, 0.5) is 5.13 Å². The molecule has 0 atom stereocenters. The molecule has 3 aromatic heterocycles. The second-order valence-corrected chi connectivity index (χ2v) is 7.41. The Hall–Kier alpha value is -3.44. The Balaban J connectivity index is 1.56. The Labute approximate surface area is 174 Å². The van der Waals surface area contributed by atoms with Crippen LogP contribution >= 0.6 is 23.6 Å². The van der Waals surface area contributed by atoms with Gasteiger partial charge in [0.15, 0.2) is 21.4 Å². The largest absolute Gasteiger partial charge is 0.296 e. The van der Waals surface area contributed by atoms with E-state index in [4.69, 9.17) is 12.2 Å². The van der Waals surface area contributed by atoms with Crippen molar-refractivity contribution in [2.45, 2.75) is 13.5 Å². The maximum absolute atomic E-state index is 12.6. The van der Waals surface area contributed by atoms with E-state index in [0.29, 0.717) is 22.3 Å². The van der Waals surface area contributed by atoms with E-state index in [2.05, 4.69) is 37.4 Å². The number of allylic oxidation sites excluding steroid dienone is 1. The smallest absolute Gasteiger partial charge is 0.279 e. The summed E-state index contributed by atoms with van der Waals surface area (Å²) in [6.45, 7) is 6.11. The van der Waals surface area contributed by atoms with Gasteiger partial charge in [0, 0.05) is 6.54 Å². The second kappa shape index (κ2) is 7.89. The van der Waals surface area contributed by atoms with Crippen LogP contribution in [0.3, 0.4) is 0 Å². The van der Waals surface area contributed by atoms with Crippen LogP contribution in [0.1, 0.15) is 16.2 Å². The van der Waals surface area contributed by atoms with E-state index in [1.54, 1.807) is 17.0 Å². The number of carbonyl (C=O) groups is 1. The lowest BCUT2D eigenvalue weighted by Gasteiger charge is -2.01. The number of nitrogens with zero attached hydrogens (tertiary/aromatic N) is 6. The molecule has 4 aromatic rings. The molecule has 146 valence electrons. The number of amides is 1. The molecular weight excluding hydrogens is 408 g/mol. The normalized spacial score (nSPS) is 10.8. The zero-order chi connectivity index (χ0) is 20.4. The standard InChI is InChI=1S/C18H16N8OS2/c1-3-9-25-15(22-23-18(25)28)14-11(2)19-17(29-14)20-16(27)13-10-26(24-21-13)12-7-5-4-6-8-12/h3-8,10H,1,9H2,2H3,(H,23,28)(H,19,20,27). The van der Waals surface area contributed by atoms with Crippen molar-refractivity contribution in [2.24, 2.45) is 0 Å². The van der Waals surface area contributed by atoms with Crippen molar-refractivity contribution in [1.82, 2.24) is 34.7 Å². The minimum Gasteiger partial charge on any atom is -0.296 e. The van der Waals surface area contributed by atoms with Crippen molar-refractivity contribution in [3.63, 3.8) is 0 Å². The molecule has 0 unspecified atom stereocenters. The zero-order valence-electron chi connectivity index (χ0n) is 15.4. The molecule has 9 nitrogen and oxygen atoms in total. The van der Waals surface area contributed by atoms with Gasteiger partial charge in [-0.2, -0.15) is 5.10 Å². The lowest BCUT2D eigenvalue weighted by atomic mass is 10.3. The first-order chi connectivity index (χ1) is 14.1. The van der Waals surface area contributed by atoms with Crippen LogP contribution in [0, 0.1) is 11.7 Å². The minimum atomic E-state index is -0.391. The predicted molar refractivity (Wildman–Crippen MR) is 113 cm³/mol. The van der Waals surface area contributed by atoms with Gasteiger partial charge in [0.1, 0.15) is 0 Å². The number of hydrogen-bond donors (Lipinski definition) is 2. The Morgan fingerprint density at radius 2 is 2.17 bits per heavy atom. The summed E-state index contributed by atoms with van der Waals surface area (Å²) in [4.78, 5) is 17.8. The summed E-state index contributed by atoms with van der Waals surface area (Å²) in [6.07, 6.45) is 3.31. The summed E-state index contributed by atoms with van der Waals surface area (Å²) in [5.41, 5.74) is 1.74. The molecule has 1 amide bonds. The number of rotatable bonds is 6. The van der Waals surface area contributed by atoms with Gasteiger partial charge in [-0.3, -0.25) is 19.8 Å². The fraction of sp³-hybridized carbons (Fsp3) is 0.111. The fourth-order valence-corrected chi connectivity index (χ4v) is 3.85. The van der Waals surface area contributed by atoms with Gasteiger partial charge in [0.05, 0.1) is 22.5 Å². The number of para-hydroxylation sites is 1. The van der Waals surface area contributed by atoms with Crippen molar-refractivity contribution in [3.05, 3.63) is 65.3 Å². The molecule has 0 aliphatic heterocycles. The molecule has 0 radical (unpaired) electrons. The van der Waals surface area contributed by atoms with Crippen molar-refractivity contribution < 1.29 is 4.79 Å². The molecule has 0 aliphatic rings. The van der Waals surface area contributed by atoms with E-state index in [1.165, 1.54) is 11.3 Å². The SMILES string of the molecule is C=CCn1c(-c2sc(NC(=O)c3cn(-c4ccccc4)nn3)nc2C)n[nH]c1=S. The third-order valence-corrected chi connectivity index (χ3v) is 5.42. The number of nitrogens with one attached hydrogen (secondary N) is 2. The minimum absolute atomic E-state index is 0.192. The van der Waals surface area contributed by atoms with Gasteiger partial charge in [0.2, 0.25) is 0 Å². The highest BCUT2D eigenvalue weighted by Gasteiger charge is 2.19. The van der Waals surface area contributed by atoms with Crippen molar-refractivity contribution >= 4 is 34.6 Å². The number of benzene rings is 1. The van der Waals surface area contributed by atoms with E-state index < -0.39 is 5.91 Å². The number of anilines is 1. The molecule has 0 saturated carbocycles. The van der Waals surface area contributed by atoms with E-state index in [-0.39, 0.29) is 5.69 Å². The van der Waals surface area contributed by atoms with Crippen LogP contribution in [-0.4, -0.2) is 40.6 Å². The molecule has 0 saturated heterocycles. The Bertz CT molecular complexity index is 1230. The topological polar surface area (TPSA) is 106 Å². The molecule has 11 heteroatoms. The van der Waals surface area contributed by atoms with Gasteiger partial charge in [0.25, 0.3) is 5.91 Å². The number of hydrogen-bond acceptors (Lipinski definition) is 7. The van der Waals surface area contributed by atoms with E-state index in [9.17, 15) is 4.79 Å². The summed E-state index contributed by atoms with van der Waals surface area (Å²) in [5, 5.41) is 18.2. The molecular formula is C18H16N8OS2. The van der Waals surface area contributed by atoms with Crippen LogP contribution < -0.4 is 5.32 Å². The monoisotopic (exact) mass is 424 g/mol. The van der Waals surface area contributed by atoms with Crippen LogP contribution in [0.2, 0.25) is 0 Å². The average Bonchev–Trinajstić information content (AvgIpc) is 3.43. The van der Waals surface area contributed by atoms with E-state index >= 15 is 0 Å². The van der Waals surface area contributed by atoms with Gasteiger partial charge in [-0.25, -0.2) is 9.67 Å². The number of aromatic nitrogens is 7. The van der Waals surface area contributed by atoms with Crippen molar-refractivity contribution in [2.75, 3.05) is 5.32 Å². The highest BCUT2D eigenvalue weighted by atomic mass is 32.1. The lowest BCUT2D eigenvalue weighted by Crippen LogP contribution is -2.12. The van der Waals surface area contributed by atoms with Gasteiger partial charge in [-0.1, -0.05) is 40.8 Å². The highest BCUT2D eigenvalue weighted by molar-refractivity contribution is 7.71. The quantitative estimate of drug-likeness (QED) is 0.363. The molecule has 29 heavy (non-hydrogen) atoms. The fourth-order valence-electron chi connectivity index (χ4n) is 2.68. The second-order valence-electron chi connectivity index (χ2n) is 6.02. The zero-order valence-corrected chi connectivity index (χ0v) is 17.0. The van der Waals surface area contributed by atoms with Gasteiger partial charge < -0.3 is 0 Å². The molecule has 0 fully saturated rings. The highest BCUT2D eigenvalue weighted by Crippen LogP contribution is 2.31. The first-order valence-electron chi connectivity index (χ1n) is 8.60. The number of aromatic amines is 1. The van der Waals surface area contributed by atoms with Crippen LogP contribution in [0.15, 0.2) is 49.2 Å². The number of aryl methyl sites for hydroxylation is 1. The van der Waals surface area contributed by atoms with E-state index in [0.717, 1.165) is 16.3 Å². The van der Waals surface area contributed by atoms with Crippen molar-refractivity contribution in [1.29, 1.82) is 0 Å². The van der Waals surface area contributed by atoms with Crippen LogP contribution in [-0.2, 0) is 6.54 Å². The number of carbonyl (C=O) groups excluding carboxylic acids is 1. The van der Waals surface area contributed by atoms with Gasteiger partial charge in [-0.05, 0) is 31.3 Å². The maximum atomic E-state index is 12.6. The van der Waals surface area contributed by atoms with Crippen molar-refractivity contribution in [3.8, 4) is 16.4 Å². The summed E-state index contributed by atoms with van der Waals surface area (Å²) in [7, 11) is 0. The lowest BCUT2D eigenvalue weighted by molar-refractivity contribution is 0.102. The Morgan fingerprint density at radius 1 is 1.38 bits per heavy atom. The third kappa shape index (κ3) is 3.77. The van der Waals surface area contributed by atoms with Gasteiger partial charge >= 0.3 is 0 Å². The summed E-state index contributed by atoms with van der Waals surface area (Å²) in [5.74, 6) is 0.262. The molecule has 0 aliphatic carbocycles. The summed E-state index contributed by atoms with van der Waals surface area (Å²) in [6, 6.07) is 9.44. The third-order valence-electron chi connectivity index (χ3n) is 4.04. The molecule has 0 spiro atoms.